The molecule has 0 fully saturated rings. The molecule has 0 aliphatic rings. The quantitative estimate of drug-likeness (QED) is 0.597. The zero-order valence-electron chi connectivity index (χ0n) is 13.7. The fraction of sp³-hybridized carbons (Fsp3) is 0.474. The van der Waals surface area contributed by atoms with Crippen LogP contribution in [0.1, 0.15) is 51.0 Å². The zero-order chi connectivity index (χ0) is 15.6. The fourth-order valence-electron chi connectivity index (χ4n) is 2.31. The van der Waals surface area contributed by atoms with Gasteiger partial charge >= 0.3 is 0 Å². The first-order valence-electron chi connectivity index (χ1n) is 8.31. The number of rotatable bonds is 9. The summed E-state index contributed by atoms with van der Waals surface area (Å²) in [7, 11) is 0. The second kappa shape index (κ2) is 9.19. The van der Waals surface area contributed by atoms with Crippen LogP contribution in [0.3, 0.4) is 0 Å². The lowest BCUT2D eigenvalue weighted by atomic mass is 10.1. The van der Waals surface area contributed by atoms with Crippen LogP contribution in [0.2, 0.25) is 0 Å². The van der Waals surface area contributed by atoms with E-state index >= 15 is 0 Å². The SMILES string of the molecule is CCCCCCCCOc1ccc(-c2ncc(C)cn2)cc1. The molecule has 1 heterocycles. The van der Waals surface area contributed by atoms with Gasteiger partial charge in [-0.1, -0.05) is 39.0 Å². The molecular weight excluding hydrogens is 272 g/mol. The second-order valence-corrected chi connectivity index (χ2v) is 5.72. The van der Waals surface area contributed by atoms with Crippen molar-refractivity contribution in [2.24, 2.45) is 0 Å². The third-order valence-corrected chi connectivity index (χ3v) is 3.66. The summed E-state index contributed by atoms with van der Waals surface area (Å²) in [6.07, 6.45) is 11.4. The summed E-state index contributed by atoms with van der Waals surface area (Å²) in [4.78, 5) is 8.67. The third kappa shape index (κ3) is 5.47. The summed E-state index contributed by atoms with van der Waals surface area (Å²) in [5, 5.41) is 0. The highest BCUT2D eigenvalue weighted by Gasteiger charge is 2.01. The molecule has 0 N–H and O–H groups in total. The van der Waals surface area contributed by atoms with Crippen LogP contribution in [0, 0.1) is 6.92 Å². The molecule has 3 heteroatoms. The van der Waals surface area contributed by atoms with Crippen molar-refractivity contribution in [3.8, 4) is 17.1 Å². The Hall–Kier alpha value is -1.90. The topological polar surface area (TPSA) is 35.0 Å². The monoisotopic (exact) mass is 298 g/mol. The Morgan fingerprint density at radius 2 is 1.50 bits per heavy atom. The van der Waals surface area contributed by atoms with E-state index in [9.17, 15) is 0 Å². The number of aryl methyl sites for hydroxylation is 1. The first kappa shape index (κ1) is 16.5. The molecule has 0 bridgehead atoms. The second-order valence-electron chi connectivity index (χ2n) is 5.72. The van der Waals surface area contributed by atoms with Gasteiger partial charge in [0.25, 0.3) is 0 Å². The molecule has 22 heavy (non-hydrogen) atoms. The molecule has 0 aliphatic carbocycles. The van der Waals surface area contributed by atoms with E-state index in [1.54, 1.807) is 0 Å². The van der Waals surface area contributed by atoms with E-state index in [0.717, 1.165) is 35.7 Å². The summed E-state index contributed by atoms with van der Waals surface area (Å²) < 4.78 is 5.78. The number of ether oxygens (including phenoxy) is 1. The molecule has 0 unspecified atom stereocenters. The van der Waals surface area contributed by atoms with E-state index in [2.05, 4.69) is 16.9 Å². The molecule has 0 aliphatic heterocycles. The minimum atomic E-state index is 0.757. The number of nitrogens with zero attached hydrogens (tertiary/aromatic N) is 2. The Labute approximate surface area is 133 Å². The lowest BCUT2D eigenvalue weighted by Crippen LogP contribution is -1.97. The smallest absolute Gasteiger partial charge is 0.159 e. The average molecular weight is 298 g/mol. The summed E-state index contributed by atoms with van der Waals surface area (Å²) in [5.41, 5.74) is 2.09. The van der Waals surface area contributed by atoms with E-state index in [0.29, 0.717) is 0 Å². The van der Waals surface area contributed by atoms with Gasteiger partial charge in [0.2, 0.25) is 0 Å². The Morgan fingerprint density at radius 1 is 0.864 bits per heavy atom. The van der Waals surface area contributed by atoms with Crippen molar-refractivity contribution < 1.29 is 4.74 Å². The summed E-state index contributed by atoms with van der Waals surface area (Å²) >= 11 is 0. The standard InChI is InChI=1S/C19H26N2O/c1-3-4-5-6-7-8-13-22-18-11-9-17(10-12-18)19-20-14-16(2)15-21-19/h9-12,14-15H,3-8,13H2,1-2H3. The molecule has 1 aromatic heterocycles. The third-order valence-electron chi connectivity index (χ3n) is 3.66. The predicted octanol–water partition coefficient (Wildman–Crippen LogP) is 5.19. The Balaban J connectivity index is 1.74. The van der Waals surface area contributed by atoms with E-state index in [4.69, 9.17) is 4.74 Å². The number of hydrogen-bond acceptors (Lipinski definition) is 3. The maximum absolute atomic E-state index is 5.78. The van der Waals surface area contributed by atoms with E-state index in [1.807, 2.05) is 43.6 Å². The highest BCUT2D eigenvalue weighted by molar-refractivity contribution is 5.55. The van der Waals surface area contributed by atoms with Crippen LogP contribution < -0.4 is 4.74 Å². The van der Waals surface area contributed by atoms with Crippen molar-refractivity contribution in [1.29, 1.82) is 0 Å². The van der Waals surface area contributed by atoms with Gasteiger partial charge < -0.3 is 4.74 Å². The van der Waals surface area contributed by atoms with Crippen molar-refractivity contribution in [2.75, 3.05) is 6.61 Å². The van der Waals surface area contributed by atoms with Gasteiger partial charge in [0.1, 0.15) is 5.75 Å². The molecule has 2 aromatic rings. The van der Waals surface area contributed by atoms with Gasteiger partial charge in [-0.3, -0.25) is 0 Å². The van der Waals surface area contributed by atoms with Crippen molar-refractivity contribution >= 4 is 0 Å². The first-order valence-corrected chi connectivity index (χ1v) is 8.31. The predicted molar refractivity (Wildman–Crippen MR) is 91.1 cm³/mol. The summed E-state index contributed by atoms with van der Waals surface area (Å²) in [5.74, 6) is 1.68. The molecule has 1 aromatic carbocycles. The van der Waals surface area contributed by atoms with Crippen molar-refractivity contribution in [2.45, 2.75) is 52.4 Å². The lowest BCUT2D eigenvalue weighted by molar-refractivity contribution is 0.304. The van der Waals surface area contributed by atoms with Gasteiger partial charge in [0, 0.05) is 18.0 Å². The number of aromatic nitrogens is 2. The van der Waals surface area contributed by atoms with Gasteiger partial charge in [0.05, 0.1) is 6.61 Å². The highest BCUT2D eigenvalue weighted by Crippen LogP contribution is 2.19. The Morgan fingerprint density at radius 3 is 2.18 bits per heavy atom. The molecule has 3 nitrogen and oxygen atoms in total. The maximum Gasteiger partial charge on any atom is 0.159 e. The molecular formula is C19H26N2O. The van der Waals surface area contributed by atoms with Crippen LogP contribution >= 0.6 is 0 Å². The maximum atomic E-state index is 5.78. The molecule has 0 amide bonds. The Bertz CT molecular complexity index is 534. The molecule has 0 atom stereocenters. The van der Waals surface area contributed by atoms with Crippen LogP contribution in [0.5, 0.6) is 5.75 Å². The van der Waals surface area contributed by atoms with Crippen molar-refractivity contribution in [3.05, 3.63) is 42.2 Å². The fourth-order valence-corrected chi connectivity index (χ4v) is 2.31. The minimum absolute atomic E-state index is 0.757. The van der Waals surface area contributed by atoms with Crippen LogP contribution in [0.4, 0.5) is 0 Å². The van der Waals surface area contributed by atoms with Gasteiger partial charge in [-0.2, -0.15) is 0 Å². The summed E-state index contributed by atoms with van der Waals surface area (Å²) in [6, 6.07) is 8.02. The van der Waals surface area contributed by atoms with Crippen molar-refractivity contribution in [1.82, 2.24) is 9.97 Å². The van der Waals surface area contributed by atoms with Gasteiger partial charge in [-0.05, 0) is 43.2 Å². The van der Waals surface area contributed by atoms with Gasteiger partial charge in [0.15, 0.2) is 5.82 Å². The Kier molecular flexibility index (Phi) is 6.88. The van der Waals surface area contributed by atoms with Crippen LogP contribution in [-0.4, -0.2) is 16.6 Å². The van der Waals surface area contributed by atoms with E-state index in [1.165, 1.54) is 32.1 Å². The number of benzene rings is 1. The van der Waals surface area contributed by atoms with Crippen LogP contribution in [-0.2, 0) is 0 Å². The minimum Gasteiger partial charge on any atom is -0.494 e. The van der Waals surface area contributed by atoms with E-state index in [-0.39, 0.29) is 0 Å². The van der Waals surface area contributed by atoms with Crippen molar-refractivity contribution in [3.63, 3.8) is 0 Å². The van der Waals surface area contributed by atoms with Crippen LogP contribution in [0.25, 0.3) is 11.4 Å². The van der Waals surface area contributed by atoms with E-state index < -0.39 is 0 Å². The van der Waals surface area contributed by atoms with Gasteiger partial charge in [-0.25, -0.2) is 9.97 Å². The molecule has 2 rings (SSSR count). The number of hydrogen-bond donors (Lipinski definition) is 0. The lowest BCUT2D eigenvalue weighted by Gasteiger charge is -2.07. The highest BCUT2D eigenvalue weighted by atomic mass is 16.5. The molecule has 0 saturated carbocycles. The molecule has 0 radical (unpaired) electrons. The number of unbranched alkanes of at least 4 members (excludes halogenated alkanes) is 5. The molecule has 118 valence electrons. The summed E-state index contributed by atoms with van der Waals surface area (Å²) in [6.45, 7) is 5.03. The zero-order valence-corrected chi connectivity index (χ0v) is 13.7. The normalized spacial score (nSPS) is 10.6. The van der Waals surface area contributed by atoms with Crippen LogP contribution in [0.15, 0.2) is 36.7 Å². The largest absolute Gasteiger partial charge is 0.494 e. The average Bonchev–Trinajstić information content (AvgIpc) is 2.55. The van der Waals surface area contributed by atoms with Gasteiger partial charge in [-0.15, -0.1) is 0 Å². The molecule has 0 saturated heterocycles. The first-order chi connectivity index (χ1) is 10.8. The molecule has 0 spiro atoms.